The fourth-order valence-corrected chi connectivity index (χ4v) is 7.13. The van der Waals surface area contributed by atoms with E-state index in [4.69, 9.17) is 9.90 Å². The minimum absolute atomic E-state index is 0.164. The lowest BCUT2D eigenvalue weighted by molar-refractivity contribution is 0.669. The van der Waals surface area contributed by atoms with E-state index in [-0.39, 0.29) is 45.7 Å². The Kier molecular flexibility index (Phi) is 4.19. The Hall–Kier alpha value is -6.18. The van der Waals surface area contributed by atoms with E-state index >= 15 is 0 Å². The molecule has 0 bridgehead atoms. The van der Waals surface area contributed by atoms with Crippen LogP contribution in [0, 0.1) is 0 Å². The van der Waals surface area contributed by atoms with Gasteiger partial charge in [0.2, 0.25) is 0 Å². The molecule has 0 aliphatic heterocycles. The smallest absolute Gasteiger partial charge is 0.136 e. The normalized spacial score (nSPS) is 14.2. The molecule has 0 saturated carbocycles. The average Bonchev–Trinajstić information content (AvgIpc) is 3.58. The van der Waals surface area contributed by atoms with Gasteiger partial charge in [0.1, 0.15) is 11.2 Å². The molecule has 10 rings (SSSR count). The van der Waals surface area contributed by atoms with Crippen LogP contribution in [0.3, 0.4) is 0 Å². The number of benzene rings is 9. The maximum Gasteiger partial charge on any atom is 0.136 e. The van der Waals surface area contributed by atoms with Crippen LogP contribution in [0.15, 0.2) is 174 Å². The van der Waals surface area contributed by atoms with Crippen molar-refractivity contribution in [3.63, 3.8) is 0 Å². The predicted octanol–water partition coefficient (Wildman–Crippen LogP) is 13.2. The molecule has 0 unspecified atom stereocenters. The van der Waals surface area contributed by atoms with Gasteiger partial charge in [-0.05, 0) is 107 Å². The molecular formula is C46H28O. The van der Waals surface area contributed by atoms with Crippen LogP contribution in [0.25, 0.3) is 98.4 Å². The van der Waals surface area contributed by atoms with E-state index in [1.807, 2.05) is 109 Å². The molecule has 0 radical (unpaired) electrons. The molecule has 218 valence electrons. The zero-order valence-electron chi connectivity index (χ0n) is 33.0. The Morgan fingerprint density at radius 1 is 0.383 bits per heavy atom. The number of furan rings is 1. The Bertz CT molecular complexity index is 3230. The second-order valence-electron chi connectivity index (χ2n) is 11.9. The molecule has 0 fully saturated rings. The molecule has 0 amide bonds. The molecule has 0 spiro atoms. The minimum Gasteiger partial charge on any atom is -0.456 e. The number of rotatable bonds is 3. The van der Waals surface area contributed by atoms with Crippen LogP contribution in [0.4, 0.5) is 0 Å². The van der Waals surface area contributed by atoms with Gasteiger partial charge in [0, 0.05) is 10.8 Å². The molecule has 47 heavy (non-hydrogen) atoms. The molecule has 10 aromatic rings. The Morgan fingerprint density at radius 2 is 0.957 bits per heavy atom. The zero-order valence-corrected chi connectivity index (χ0v) is 25.0. The summed E-state index contributed by atoms with van der Waals surface area (Å²) < 4.78 is 79.7. The minimum atomic E-state index is -0.440. The lowest BCUT2D eigenvalue weighted by Crippen LogP contribution is -1.91. The molecule has 1 aromatic heterocycles. The number of hydrogen-bond acceptors (Lipinski definition) is 1. The molecule has 0 saturated heterocycles. The third-order valence-corrected chi connectivity index (χ3v) is 9.24. The first kappa shape index (κ1) is 19.4. The standard InChI is InChI=1S/C46H28O/c1-2-12-30-25-34(24-23-29(30)11-1)31-15-9-16-35(26-31)44-36-17-5-7-19-38(36)45(39-20-8-6-18-37(39)44)40-21-10-22-42-46(40)41-27-32-13-3-4-14-33(32)28-43(41)47-42/h1-28H/i5D,6D,7D,8D,17D,18D,19D,20D. The molecule has 0 atom stereocenters. The number of hydrogen-bond donors (Lipinski definition) is 0. The second kappa shape index (κ2) is 10.2. The SMILES string of the molecule is [2H]c1c([2H])c([2H])c2c(-c3cccc4oc5cc6ccccc6cc5c34)c3c([2H])c([2H])c([2H])c([2H])c3c(-c3cccc(-c4ccc5ccccc5c4)c3)c2c1[2H]. The quantitative estimate of drug-likeness (QED) is 0.183. The summed E-state index contributed by atoms with van der Waals surface area (Å²) >= 11 is 0. The summed E-state index contributed by atoms with van der Waals surface area (Å²) in [4.78, 5) is 0. The van der Waals surface area contributed by atoms with E-state index in [0.717, 1.165) is 38.1 Å². The van der Waals surface area contributed by atoms with Crippen molar-refractivity contribution in [1.82, 2.24) is 0 Å². The van der Waals surface area contributed by atoms with E-state index in [0.29, 0.717) is 38.8 Å². The van der Waals surface area contributed by atoms with Crippen molar-refractivity contribution in [2.24, 2.45) is 0 Å². The van der Waals surface area contributed by atoms with Crippen molar-refractivity contribution >= 4 is 65.0 Å². The fourth-order valence-electron chi connectivity index (χ4n) is 7.13. The van der Waals surface area contributed by atoms with E-state index in [1.54, 1.807) is 6.07 Å². The van der Waals surface area contributed by atoms with Crippen LogP contribution in [-0.2, 0) is 0 Å². The molecular weight excluding hydrogens is 569 g/mol. The molecule has 0 aliphatic rings. The maximum absolute atomic E-state index is 9.46. The first-order chi connectivity index (χ1) is 26.6. The first-order valence-electron chi connectivity index (χ1n) is 19.5. The van der Waals surface area contributed by atoms with Gasteiger partial charge >= 0.3 is 0 Å². The highest BCUT2D eigenvalue weighted by Gasteiger charge is 2.20. The van der Waals surface area contributed by atoms with Crippen molar-refractivity contribution in [2.45, 2.75) is 0 Å². The van der Waals surface area contributed by atoms with Gasteiger partial charge in [-0.15, -0.1) is 0 Å². The van der Waals surface area contributed by atoms with Gasteiger partial charge in [0.25, 0.3) is 0 Å². The molecule has 1 heteroatoms. The fraction of sp³-hybridized carbons (Fsp3) is 0. The third-order valence-electron chi connectivity index (χ3n) is 9.24. The largest absolute Gasteiger partial charge is 0.456 e. The molecule has 0 N–H and O–H groups in total. The van der Waals surface area contributed by atoms with Gasteiger partial charge in [-0.2, -0.15) is 0 Å². The second-order valence-corrected chi connectivity index (χ2v) is 11.9. The van der Waals surface area contributed by atoms with E-state index < -0.39 is 24.2 Å². The van der Waals surface area contributed by atoms with Crippen LogP contribution < -0.4 is 0 Å². The summed E-state index contributed by atoms with van der Waals surface area (Å²) in [5.74, 6) is 0. The number of fused-ring (bicyclic) bond motifs is 7. The van der Waals surface area contributed by atoms with Gasteiger partial charge in [-0.25, -0.2) is 0 Å². The van der Waals surface area contributed by atoms with E-state index in [9.17, 15) is 5.48 Å². The molecule has 1 nitrogen and oxygen atoms in total. The van der Waals surface area contributed by atoms with Crippen molar-refractivity contribution in [1.29, 1.82) is 0 Å². The maximum atomic E-state index is 9.46. The molecule has 0 aliphatic carbocycles. The van der Waals surface area contributed by atoms with Crippen molar-refractivity contribution in [2.75, 3.05) is 0 Å². The lowest BCUT2D eigenvalue weighted by Gasteiger charge is -2.18. The van der Waals surface area contributed by atoms with Crippen molar-refractivity contribution < 1.29 is 15.4 Å². The summed E-state index contributed by atoms with van der Waals surface area (Å²) in [5.41, 5.74) is 4.63. The highest BCUT2D eigenvalue weighted by atomic mass is 16.3. The summed E-state index contributed by atoms with van der Waals surface area (Å²) in [5, 5.41) is 6.25. The van der Waals surface area contributed by atoms with Crippen LogP contribution in [0.1, 0.15) is 11.0 Å². The molecule has 1 heterocycles. The van der Waals surface area contributed by atoms with Gasteiger partial charge in [-0.3, -0.25) is 0 Å². The van der Waals surface area contributed by atoms with Gasteiger partial charge < -0.3 is 4.42 Å². The van der Waals surface area contributed by atoms with Gasteiger partial charge in [0.15, 0.2) is 0 Å². The molecule has 9 aromatic carbocycles. The van der Waals surface area contributed by atoms with Crippen molar-refractivity contribution in [3.8, 4) is 33.4 Å². The zero-order chi connectivity index (χ0) is 37.9. The summed E-state index contributed by atoms with van der Waals surface area (Å²) in [6.07, 6.45) is 0. The summed E-state index contributed by atoms with van der Waals surface area (Å²) in [7, 11) is 0. The van der Waals surface area contributed by atoms with Crippen molar-refractivity contribution in [3.05, 3.63) is 170 Å². The van der Waals surface area contributed by atoms with Crippen LogP contribution >= 0.6 is 0 Å². The Morgan fingerprint density at radius 3 is 1.68 bits per heavy atom. The summed E-state index contributed by atoms with van der Waals surface area (Å²) in [6, 6.07) is 36.3. The highest BCUT2D eigenvalue weighted by molar-refractivity contribution is 6.26. The Labute approximate surface area is 283 Å². The topological polar surface area (TPSA) is 13.1 Å². The van der Waals surface area contributed by atoms with E-state index in [2.05, 4.69) is 6.07 Å². The van der Waals surface area contributed by atoms with Gasteiger partial charge in [0.05, 0.1) is 11.0 Å². The Balaban J connectivity index is 1.40. The predicted molar refractivity (Wildman–Crippen MR) is 200 cm³/mol. The average molecular weight is 605 g/mol. The third kappa shape index (κ3) is 4.03. The van der Waals surface area contributed by atoms with E-state index in [1.165, 1.54) is 0 Å². The first-order valence-corrected chi connectivity index (χ1v) is 15.5. The highest BCUT2D eigenvalue weighted by Crippen LogP contribution is 2.47. The summed E-state index contributed by atoms with van der Waals surface area (Å²) in [6.45, 7) is 0. The lowest BCUT2D eigenvalue weighted by atomic mass is 9.84. The van der Waals surface area contributed by atoms with Crippen LogP contribution in [0.2, 0.25) is 0 Å². The van der Waals surface area contributed by atoms with Crippen LogP contribution in [-0.4, -0.2) is 0 Å². The van der Waals surface area contributed by atoms with Gasteiger partial charge in [-0.1, -0.05) is 139 Å². The monoisotopic (exact) mass is 604 g/mol. The van der Waals surface area contributed by atoms with Crippen LogP contribution in [0.5, 0.6) is 0 Å².